The molecule has 12 nitrogen and oxygen atoms in total. The zero-order chi connectivity index (χ0) is 34.0. The molecule has 2 aliphatic rings. The number of hydroxylamine groups is 2. The van der Waals surface area contributed by atoms with Crippen LogP contribution in [0.5, 0.6) is 0 Å². The van der Waals surface area contributed by atoms with Crippen molar-refractivity contribution in [3.63, 3.8) is 0 Å². The van der Waals surface area contributed by atoms with Crippen LogP contribution in [0.3, 0.4) is 0 Å². The van der Waals surface area contributed by atoms with Crippen LogP contribution in [0.25, 0.3) is 11.0 Å². The molecule has 0 aliphatic carbocycles. The Bertz CT molecular complexity index is 1470. The van der Waals surface area contributed by atoms with Gasteiger partial charge >= 0.3 is 6.09 Å². The first kappa shape index (κ1) is 36.2. The summed E-state index contributed by atoms with van der Waals surface area (Å²) in [4.78, 5) is 53.4. The highest BCUT2D eigenvalue weighted by Crippen LogP contribution is 2.25. The summed E-state index contributed by atoms with van der Waals surface area (Å²) in [6, 6.07) is 13.4. The van der Waals surface area contributed by atoms with E-state index in [4.69, 9.17) is 14.7 Å². The number of hydrogen-bond acceptors (Lipinski definition) is 8. The average molecular weight is 667 g/mol. The van der Waals surface area contributed by atoms with E-state index in [0.29, 0.717) is 50.6 Å². The molecule has 1 atom stereocenters. The number of Topliss-reactive ketones (excluding diaryl/α,β-unsaturated/α-hetero) is 1. The fourth-order valence-corrected chi connectivity index (χ4v) is 6.72. The van der Waals surface area contributed by atoms with E-state index in [9.17, 15) is 14.4 Å². The zero-order valence-corrected chi connectivity index (χ0v) is 29.4. The Hall–Kier alpha value is -3.65. The molecule has 1 N–H and O–H groups in total. The van der Waals surface area contributed by atoms with Gasteiger partial charge < -0.3 is 19.3 Å². The predicted octanol–water partition coefficient (Wildman–Crippen LogP) is 5.23. The number of fused-ring (bicyclic) bond motifs is 1. The second-order valence-electron chi connectivity index (χ2n) is 13.6. The summed E-state index contributed by atoms with van der Waals surface area (Å²) in [5.74, 6) is -0.0949. The molecule has 2 saturated heterocycles. The molecule has 0 radical (unpaired) electrons. The number of benzene rings is 1. The van der Waals surface area contributed by atoms with Crippen LogP contribution in [0, 0.1) is 11.8 Å². The van der Waals surface area contributed by atoms with Gasteiger partial charge in [0.2, 0.25) is 5.91 Å². The van der Waals surface area contributed by atoms with E-state index < -0.39 is 14.2 Å². The SMILES string of the molecule is CON(C)C(=O)C1CCCN(Cc2ccccc2)C1.C[Si](C)(C)CCOCn1ccc2c(C(=O)C3CCN(C(=O)O)CC3)ncnc21. The number of carboxylic acid groups (broad SMARTS) is 1. The monoisotopic (exact) mass is 666 g/mol. The van der Waals surface area contributed by atoms with Gasteiger partial charge in [0.1, 0.15) is 24.4 Å². The molecule has 1 unspecified atom stereocenters. The van der Waals surface area contributed by atoms with Crippen LogP contribution < -0.4 is 0 Å². The Labute approximate surface area is 278 Å². The molecule has 13 heteroatoms. The predicted molar refractivity (Wildman–Crippen MR) is 183 cm³/mol. The maximum atomic E-state index is 13.0. The third kappa shape index (κ3) is 10.4. The van der Waals surface area contributed by atoms with Crippen LogP contribution in [0.2, 0.25) is 25.7 Å². The Kier molecular flexibility index (Phi) is 13.1. The van der Waals surface area contributed by atoms with Crippen molar-refractivity contribution in [1.29, 1.82) is 0 Å². The number of carbonyl (C=O) groups excluding carboxylic acids is 2. The summed E-state index contributed by atoms with van der Waals surface area (Å²) in [6.45, 7) is 11.6. The van der Waals surface area contributed by atoms with E-state index in [2.05, 4.69) is 58.8 Å². The number of nitrogens with zero attached hydrogens (tertiary/aromatic N) is 6. The fourth-order valence-electron chi connectivity index (χ4n) is 5.96. The number of amides is 2. The first-order chi connectivity index (χ1) is 22.5. The summed E-state index contributed by atoms with van der Waals surface area (Å²) < 4.78 is 7.70. The average Bonchev–Trinajstić information content (AvgIpc) is 3.49. The second kappa shape index (κ2) is 17.0. The van der Waals surface area contributed by atoms with Crippen molar-refractivity contribution >= 4 is 36.9 Å². The third-order valence-electron chi connectivity index (χ3n) is 8.84. The minimum Gasteiger partial charge on any atom is -0.465 e. The van der Waals surface area contributed by atoms with Gasteiger partial charge in [-0.15, -0.1) is 0 Å². The van der Waals surface area contributed by atoms with Crippen LogP contribution in [-0.2, 0) is 27.6 Å². The molecule has 256 valence electrons. The summed E-state index contributed by atoms with van der Waals surface area (Å²) >= 11 is 0. The van der Waals surface area contributed by atoms with Crippen molar-refractivity contribution in [2.75, 3.05) is 46.9 Å². The van der Waals surface area contributed by atoms with Crippen molar-refractivity contribution in [2.24, 2.45) is 11.8 Å². The molecule has 5 rings (SSSR count). The number of piperidine rings is 2. The highest BCUT2D eigenvalue weighted by molar-refractivity contribution is 6.76. The normalized spacial score (nSPS) is 17.6. The lowest BCUT2D eigenvalue weighted by Gasteiger charge is -2.33. The number of ketones is 1. The zero-order valence-electron chi connectivity index (χ0n) is 28.4. The van der Waals surface area contributed by atoms with E-state index in [1.165, 1.54) is 29.0 Å². The third-order valence-corrected chi connectivity index (χ3v) is 10.5. The van der Waals surface area contributed by atoms with Crippen LogP contribution >= 0.6 is 0 Å². The van der Waals surface area contributed by atoms with Crippen LogP contribution in [0.15, 0.2) is 48.9 Å². The minimum atomic E-state index is -1.13. The summed E-state index contributed by atoms with van der Waals surface area (Å²) in [5, 5.41) is 11.1. The highest BCUT2D eigenvalue weighted by Gasteiger charge is 2.30. The van der Waals surface area contributed by atoms with Crippen LogP contribution in [0.1, 0.15) is 41.7 Å². The molecule has 1 aromatic carbocycles. The number of ether oxygens (including phenoxy) is 1. The van der Waals surface area contributed by atoms with E-state index in [1.54, 1.807) is 7.05 Å². The van der Waals surface area contributed by atoms with Gasteiger partial charge in [-0.25, -0.2) is 19.8 Å². The topological polar surface area (TPSA) is 130 Å². The number of aromatic nitrogens is 3. The molecule has 3 aromatic rings. The second-order valence-corrected chi connectivity index (χ2v) is 19.2. The van der Waals surface area contributed by atoms with E-state index in [0.717, 1.165) is 43.9 Å². The summed E-state index contributed by atoms with van der Waals surface area (Å²) in [7, 11) is 2.08. The molecule has 0 saturated carbocycles. The number of carbonyl (C=O) groups is 3. The van der Waals surface area contributed by atoms with Gasteiger partial charge in [0.25, 0.3) is 0 Å². The van der Waals surface area contributed by atoms with Crippen molar-refractivity contribution in [3.8, 4) is 0 Å². The lowest BCUT2D eigenvalue weighted by molar-refractivity contribution is -0.175. The summed E-state index contributed by atoms with van der Waals surface area (Å²) in [6.07, 6.45) is 5.44. The molecule has 47 heavy (non-hydrogen) atoms. The van der Waals surface area contributed by atoms with Crippen molar-refractivity contribution in [1.82, 2.24) is 29.4 Å². The van der Waals surface area contributed by atoms with Crippen molar-refractivity contribution in [3.05, 3.63) is 60.2 Å². The highest BCUT2D eigenvalue weighted by atomic mass is 28.3. The lowest BCUT2D eigenvalue weighted by atomic mass is 9.90. The molecule has 2 aliphatic heterocycles. The molecular weight excluding hydrogens is 616 g/mol. The number of hydrogen-bond donors (Lipinski definition) is 1. The van der Waals surface area contributed by atoms with Gasteiger partial charge in [-0.3, -0.25) is 19.3 Å². The smallest absolute Gasteiger partial charge is 0.407 e. The quantitative estimate of drug-likeness (QED) is 0.126. The van der Waals surface area contributed by atoms with E-state index in [1.807, 2.05) is 22.9 Å². The van der Waals surface area contributed by atoms with Gasteiger partial charge in [0.05, 0.1) is 13.0 Å². The standard InChI is InChI=1S/C19H28N4O4Si.C15H22N2O2/c1-28(2,3)11-10-27-13-23-9-6-15-16(20-12-21-18(15)23)17(24)14-4-7-22(8-5-14)19(25)26;1-16(19-2)15(18)14-9-6-10-17(12-14)11-13-7-4-3-5-8-13/h6,9,12,14H,4-5,7-8,10-11,13H2,1-3H3,(H,25,26);3-5,7-8,14H,6,9-12H2,1-2H3. The van der Waals surface area contributed by atoms with Gasteiger partial charge in [-0.1, -0.05) is 50.0 Å². The molecule has 2 aromatic heterocycles. The Morgan fingerprint density at radius 1 is 1.00 bits per heavy atom. The first-order valence-electron chi connectivity index (χ1n) is 16.4. The molecule has 4 heterocycles. The number of likely N-dealkylation sites (tertiary alicyclic amines) is 2. The van der Waals surface area contributed by atoms with Gasteiger partial charge in [0.15, 0.2) is 5.78 Å². The van der Waals surface area contributed by atoms with E-state index >= 15 is 0 Å². The largest absolute Gasteiger partial charge is 0.465 e. The van der Waals surface area contributed by atoms with Gasteiger partial charge in [0, 0.05) is 65.4 Å². The van der Waals surface area contributed by atoms with Gasteiger partial charge in [-0.2, -0.15) is 0 Å². The molecule has 2 amide bonds. The van der Waals surface area contributed by atoms with E-state index in [-0.39, 0.29) is 23.5 Å². The maximum absolute atomic E-state index is 13.0. The van der Waals surface area contributed by atoms with Gasteiger partial charge in [-0.05, 0) is 49.9 Å². The molecule has 0 bridgehead atoms. The first-order valence-corrected chi connectivity index (χ1v) is 20.1. The molecular formula is C34H50N6O6Si. The Balaban J connectivity index is 0.000000229. The maximum Gasteiger partial charge on any atom is 0.407 e. The lowest BCUT2D eigenvalue weighted by Crippen LogP contribution is -2.43. The molecule has 0 spiro atoms. The van der Waals surface area contributed by atoms with Crippen molar-refractivity contribution in [2.45, 2.75) is 64.6 Å². The van der Waals surface area contributed by atoms with Crippen LogP contribution in [0.4, 0.5) is 4.79 Å². The Morgan fingerprint density at radius 2 is 1.72 bits per heavy atom. The summed E-state index contributed by atoms with van der Waals surface area (Å²) in [5.41, 5.74) is 2.41. The molecule has 2 fully saturated rings. The Morgan fingerprint density at radius 3 is 2.38 bits per heavy atom. The van der Waals surface area contributed by atoms with Crippen molar-refractivity contribution < 1.29 is 29.1 Å². The number of rotatable bonds is 11. The fraction of sp³-hybridized carbons (Fsp3) is 0.559. The van der Waals surface area contributed by atoms with Crippen LogP contribution in [-0.4, -0.2) is 107 Å². The minimum absolute atomic E-state index is 0.0326.